The van der Waals surface area contributed by atoms with Crippen LogP contribution in [0, 0.1) is 5.82 Å². The fourth-order valence-electron chi connectivity index (χ4n) is 6.05. The molecule has 3 aliphatic rings. The number of hydrogen-bond donors (Lipinski definition) is 1. The monoisotopic (exact) mass is 594 g/mol. The van der Waals surface area contributed by atoms with Crippen LogP contribution in [0.1, 0.15) is 56.2 Å². The molecule has 2 heterocycles. The van der Waals surface area contributed by atoms with Gasteiger partial charge in [-0.25, -0.2) is 4.39 Å². The van der Waals surface area contributed by atoms with Crippen LogP contribution in [0.3, 0.4) is 0 Å². The van der Waals surface area contributed by atoms with Gasteiger partial charge in [0.25, 0.3) is 5.91 Å². The first-order chi connectivity index (χ1) is 19.9. The van der Waals surface area contributed by atoms with E-state index >= 15 is 0 Å². The molecule has 0 aromatic heterocycles. The number of ether oxygens (including phenoxy) is 4. The van der Waals surface area contributed by atoms with Gasteiger partial charge in [-0.1, -0.05) is 24.3 Å². The third-order valence-electron chi connectivity index (χ3n) is 8.12. The highest BCUT2D eigenvalue weighted by Crippen LogP contribution is 2.44. The number of benzene rings is 2. The molecule has 1 aliphatic carbocycles. The van der Waals surface area contributed by atoms with Crippen molar-refractivity contribution < 1.29 is 41.3 Å². The van der Waals surface area contributed by atoms with Crippen LogP contribution in [0.5, 0.6) is 0 Å². The number of fused-ring (bicyclic) bond motifs is 1. The Morgan fingerprint density at radius 3 is 2.48 bits per heavy atom. The maximum Gasteiger partial charge on any atom is 0.416 e. The predicted octanol–water partition coefficient (Wildman–Crippen LogP) is 5.21. The lowest BCUT2D eigenvalue weighted by Gasteiger charge is -2.43. The Morgan fingerprint density at radius 2 is 1.76 bits per heavy atom. The molecule has 2 aliphatic heterocycles. The third kappa shape index (κ3) is 7.49. The minimum Gasteiger partial charge on any atom is -0.371 e. The van der Waals surface area contributed by atoms with E-state index < -0.39 is 41.4 Å². The van der Waals surface area contributed by atoms with E-state index in [1.165, 1.54) is 18.2 Å². The van der Waals surface area contributed by atoms with Crippen molar-refractivity contribution in [3.8, 4) is 0 Å². The summed E-state index contributed by atoms with van der Waals surface area (Å²) >= 11 is 0. The van der Waals surface area contributed by atoms with Crippen molar-refractivity contribution in [2.45, 2.75) is 88.6 Å². The van der Waals surface area contributed by atoms with Gasteiger partial charge in [-0.3, -0.25) is 4.79 Å². The van der Waals surface area contributed by atoms with Crippen LogP contribution in [0.25, 0.3) is 0 Å². The molecule has 11 heteroatoms. The average molecular weight is 595 g/mol. The molecule has 1 N–H and O–H groups in total. The van der Waals surface area contributed by atoms with E-state index in [1.54, 1.807) is 32.0 Å². The SMILES string of the molecule is CC1(C)O[C@H]2[C@@H](OCc3ccc(F)cc3)C[C@](OCc3cccc(C(F)(F)F)c3)(C(=O)NCCN3CCCC3)C[C@H]2O1. The molecule has 0 bridgehead atoms. The van der Waals surface area contributed by atoms with Gasteiger partial charge in [0, 0.05) is 25.9 Å². The summed E-state index contributed by atoms with van der Waals surface area (Å²) in [6, 6.07) is 10.8. The van der Waals surface area contributed by atoms with Crippen molar-refractivity contribution in [3.63, 3.8) is 0 Å². The predicted molar refractivity (Wildman–Crippen MR) is 146 cm³/mol. The number of nitrogens with one attached hydrogen (secondary N) is 1. The fourth-order valence-corrected chi connectivity index (χ4v) is 6.05. The van der Waals surface area contributed by atoms with E-state index in [9.17, 15) is 22.4 Å². The van der Waals surface area contributed by atoms with Crippen molar-refractivity contribution in [1.29, 1.82) is 0 Å². The van der Waals surface area contributed by atoms with Crippen molar-refractivity contribution >= 4 is 5.91 Å². The van der Waals surface area contributed by atoms with Crippen molar-refractivity contribution in [3.05, 3.63) is 71.0 Å². The van der Waals surface area contributed by atoms with Crippen LogP contribution in [-0.4, -0.2) is 66.7 Å². The molecule has 0 spiro atoms. The van der Waals surface area contributed by atoms with Gasteiger partial charge in [-0.05, 0) is 75.2 Å². The van der Waals surface area contributed by atoms with Crippen LogP contribution in [0.15, 0.2) is 48.5 Å². The first kappa shape index (κ1) is 30.9. The molecular weight excluding hydrogens is 556 g/mol. The number of amides is 1. The quantitative estimate of drug-likeness (QED) is 0.381. The lowest BCUT2D eigenvalue weighted by molar-refractivity contribution is -0.183. The smallest absolute Gasteiger partial charge is 0.371 e. The number of hydrogen-bond acceptors (Lipinski definition) is 6. The lowest BCUT2D eigenvalue weighted by atomic mass is 9.78. The Labute approximate surface area is 243 Å². The number of carbonyl (C=O) groups excluding carboxylic acids is 1. The molecule has 2 saturated heterocycles. The number of nitrogens with zero attached hydrogens (tertiary/aromatic N) is 1. The van der Waals surface area contributed by atoms with Gasteiger partial charge in [-0.2, -0.15) is 13.2 Å². The zero-order chi connectivity index (χ0) is 30.0. The van der Waals surface area contributed by atoms with Crippen molar-refractivity contribution in [2.75, 3.05) is 26.2 Å². The molecule has 0 radical (unpaired) electrons. The van der Waals surface area contributed by atoms with Crippen LogP contribution in [0.4, 0.5) is 17.6 Å². The molecular formula is C31H38F4N2O5. The summed E-state index contributed by atoms with van der Waals surface area (Å²) in [5, 5.41) is 3.01. The topological polar surface area (TPSA) is 69.3 Å². The average Bonchev–Trinajstić information content (AvgIpc) is 3.57. The van der Waals surface area contributed by atoms with E-state index in [1.807, 2.05) is 0 Å². The second-order valence-electron chi connectivity index (χ2n) is 11.8. The summed E-state index contributed by atoms with van der Waals surface area (Å²) < 4.78 is 78.5. The summed E-state index contributed by atoms with van der Waals surface area (Å²) in [7, 11) is 0. The Kier molecular flexibility index (Phi) is 9.24. The molecule has 3 fully saturated rings. The molecule has 2 aromatic carbocycles. The molecule has 230 valence electrons. The third-order valence-corrected chi connectivity index (χ3v) is 8.12. The zero-order valence-corrected chi connectivity index (χ0v) is 23.9. The first-order valence-electron chi connectivity index (χ1n) is 14.4. The second-order valence-corrected chi connectivity index (χ2v) is 11.8. The number of carbonyl (C=O) groups is 1. The summed E-state index contributed by atoms with van der Waals surface area (Å²) in [6.45, 7) is 6.55. The molecule has 42 heavy (non-hydrogen) atoms. The minimum atomic E-state index is -4.50. The van der Waals surface area contributed by atoms with Gasteiger partial charge in [0.1, 0.15) is 11.9 Å². The Morgan fingerprint density at radius 1 is 1.02 bits per heavy atom. The van der Waals surface area contributed by atoms with Crippen LogP contribution in [-0.2, 0) is 43.1 Å². The van der Waals surface area contributed by atoms with Crippen molar-refractivity contribution in [1.82, 2.24) is 10.2 Å². The second kappa shape index (κ2) is 12.6. The largest absolute Gasteiger partial charge is 0.416 e. The zero-order valence-electron chi connectivity index (χ0n) is 23.9. The molecule has 1 amide bonds. The van der Waals surface area contributed by atoms with E-state index in [0.717, 1.165) is 43.6 Å². The van der Waals surface area contributed by atoms with Gasteiger partial charge in [0.05, 0.1) is 31.0 Å². The maximum absolute atomic E-state index is 13.9. The normalized spacial score (nSPS) is 27.6. The summed E-state index contributed by atoms with van der Waals surface area (Å²) in [6.07, 6.45) is -3.70. The van der Waals surface area contributed by atoms with Crippen LogP contribution < -0.4 is 5.32 Å². The highest BCUT2D eigenvalue weighted by atomic mass is 19.4. The lowest BCUT2D eigenvalue weighted by Crippen LogP contribution is -2.60. The highest BCUT2D eigenvalue weighted by Gasteiger charge is 2.58. The Bertz CT molecular complexity index is 1220. The Hall–Kier alpha value is -2.57. The van der Waals surface area contributed by atoms with E-state index in [0.29, 0.717) is 18.7 Å². The summed E-state index contributed by atoms with van der Waals surface area (Å²) in [5.74, 6) is -1.66. The van der Waals surface area contributed by atoms with Gasteiger partial charge < -0.3 is 29.2 Å². The van der Waals surface area contributed by atoms with E-state index in [4.69, 9.17) is 18.9 Å². The molecule has 1 saturated carbocycles. The van der Waals surface area contributed by atoms with Crippen LogP contribution in [0.2, 0.25) is 0 Å². The number of halogens is 4. The van der Waals surface area contributed by atoms with Gasteiger partial charge >= 0.3 is 6.18 Å². The minimum absolute atomic E-state index is 0.101. The molecule has 7 nitrogen and oxygen atoms in total. The van der Waals surface area contributed by atoms with E-state index in [2.05, 4.69) is 10.2 Å². The molecule has 5 rings (SSSR count). The summed E-state index contributed by atoms with van der Waals surface area (Å²) in [4.78, 5) is 16.2. The van der Waals surface area contributed by atoms with Crippen LogP contribution >= 0.6 is 0 Å². The Balaban J connectivity index is 1.38. The fraction of sp³-hybridized carbons (Fsp3) is 0.581. The molecule has 2 aromatic rings. The number of likely N-dealkylation sites (tertiary alicyclic amines) is 1. The molecule has 4 atom stereocenters. The van der Waals surface area contributed by atoms with Gasteiger partial charge in [-0.15, -0.1) is 0 Å². The summed E-state index contributed by atoms with van der Waals surface area (Å²) in [5.41, 5.74) is -1.20. The number of alkyl halides is 3. The van der Waals surface area contributed by atoms with Gasteiger partial charge in [0.15, 0.2) is 11.4 Å². The number of rotatable bonds is 10. The maximum atomic E-state index is 13.9. The van der Waals surface area contributed by atoms with E-state index in [-0.39, 0.29) is 37.8 Å². The van der Waals surface area contributed by atoms with Gasteiger partial charge in [0.2, 0.25) is 0 Å². The molecule has 0 unspecified atom stereocenters. The van der Waals surface area contributed by atoms with Crippen molar-refractivity contribution in [2.24, 2.45) is 0 Å². The first-order valence-corrected chi connectivity index (χ1v) is 14.4. The standard InChI is InChI=1S/C31H38F4N2O5/c1-29(2)41-26-18-30(28(38)36-12-15-37-13-3-4-14-37,40-20-22-6-5-7-23(16-22)31(33,34)35)17-25(27(26)42-29)39-19-21-8-10-24(32)11-9-21/h5-11,16,25-27H,3-4,12-15,17-20H2,1-2H3,(H,36,38)/t25-,26+,27-,30+/m0/s1. The highest BCUT2D eigenvalue weighted by molar-refractivity contribution is 5.85.